The van der Waals surface area contributed by atoms with Crippen molar-refractivity contribution < 1.29 is 9.47 Å². The third kappa shape index (κ3) is 3.30. The summed E-state index contributed by atoms with van der Waals surface area (Å²) in [5.41, 5.74) is 1.92. The molecule has 0 aliphatic heterocycles. The number of benzene rings is 1. The maximum absolute atomic E-state index is 5.23. The Kier molecular flexibility index (Phi) is 4.63. The molecule has 0 spiro atoms. The molecule has 0 radical (unpaired) electrons. The van der Waals surface area contributed by atoms with Gasteiger partial charge in [-0.05, 0) is 26.0 Å². The molecule has 0 aliphatic carbocycles. The Morgan fingerprint density at radius 1 is 1.35 bits per heavy atom. The van der Waals surface area contributed by atoms with Crippen LogP contribution >= 0.6 is 0 Å². The lowest BCUT2D eigenvalue weighted by Crippen LogP contribution is -2.12. The molecule has 20 heavy (non-hydrogen) atoms. The molecule has 2 aromatic rings. The molecule has 1 unspecified atom stereocenters. The van der Waals surface area contributed by atoms with E-state index >= 15 is 0 Å². The third-order valence-electron chi connectivity index (χ3n) is 3.06. The van der Waals surface area contributed by atoms with Crippen molar-refractivity contribution in [1.82, 2.24) is 9.55 Å². The number of anilines is 2. The average molecular weight is 275 g/mol. The third-order valence-corrected chi connectivity index (χ3v) is 3.06. The summed E-state index contributed by atoms with van der Waals surface area (Å²) in [5.74, 6) is 1.62. The number of nitrogens with zero attached hydrogens (tertiary/aromatic N) is 2. The highest BCUT2D eigenvalue weighted by molar-refractivity contribution is 5.56. The minimum Gasteiger partial charge on any atom is -0.497 e. The molecule has 1 aromatic heterocycles. The van der Waals surface area contributed by atoms with Gasteiger partial charge in [0.25, 0.3) is 0 Å². The van der Waals surface area contributed by atoms with Gasteiger partial charge in [0, 0.05) is 25.1 Å². The second kappa shape index (κ2) is 6.43. The first-order valence-electron chi connectivity index (χ1n) is 6.59. The van der Waals surface area contributed by atoms with Crippen LogP contribution in [0.25, 0.3) is 0 Å². The van der Waals surface area contributed by atoms with Gasteiger partial charge in [0.2, 0.25) is 5.95 Å². The number of methoxy groups -OCH3 is 2. The van der Waals surface area contributed by atoms with Gasteiger partial charge >= 0.3 is 0 Å². The summed E-state index contributed by atoms with van der Waals surface area (Å²) in [4.78, 5) is 4.52. The van der Waals surface area contributed by atoms with Crippen LogP contribution in [0.15, 0.2) is 30.5 Å². The number of rotatable bonds is 6. The summed E-state index contributed by atoms with van der Waals surface area (Å²) in [6.45, 7) is 4.72. The molecule has 1 N–H and O–H groups in total. The van der Waals surface area contributed by atoms with Crippen LogP contribution in [0.4, 0.5) is 11.6 Å². The van der Waals surface area contributed by atoms with E-state index in [0.717, 1.165) is 23.1 Å². The van der Waals surface area contributed by atoms with Crippen molar-refractivity contribution in [1.29, 1.82) is 0 Å². The van der Waals surface area contributed by atoms with Crippen LogP contribution in [0.5, 0.6) is 5.75 Å². The van der Waals surface area contributed by atoms with E-state index < -0.39 is 0 Å². The molecule has 0 saturated carbocycles. The summed E-state index contributed by atoms with van der Waals surface area (Å²) in [7, 11) is 3.36. The molecule has 0 fully saturated rings. The van der Waals surface area contributed by atoms with Gasteiger partial charge in [-0.2, -0.15) is 0 Å². The molecule has 5 heteroatoms. The average Bonchev–Trinajstić information content (AvgIpc) is 2.80. The van der Waals surface area contributed by atoms with Gasteiger partial charge in [0.1, 0.15) is 5.75 Å². The Bertz CT molecular complexity index is 566. The monoisotopic (exact) mass is 275 g/mol. The second-order valence-corrected chi connectivity index (χ2v) is 4.77. The largest absolute Gasteiger partial charge is 0.497 e. The Morgan fingerprint density at radius 3 is 2.85 bits per heavy atom. The second-order valence-electron chi connectivity index (χ2n) is 4.77. The van der Waals surface area contributed by atoms with Crippen molar-refractivity contribution in [2.75, 3.05) is 26.1 Å². The predicted molar refractivity (Wildman–Crippen MR) is 79.8 cm³/mol. The van der Waals surface area contributed by atoms with E-state index in [9.17, 15) is 0 Å². The maximum Gasteiger partial charge on any atom is 0.207 e. The van der Waals surface area contributed by atoms with Crippen molar-refractivity contribution in [3.05, 3.63) is 36.2 Å². The summed E-state index contributed by atoms with van der Waals surface area (Å²) >= 11 is 0. The Balaban J connectivity index is 2.24. The molecule has 1 heterocycles. The highest BCUT2D eigenvalue weighted by Gasteiger charge is 2.12. The van der Waals surface area contributed by atoms with E-state index in [-0.39, 0.29) is 6.04 Å². The zero-order chi connectivity index (χ0) is 14.5. The standard InChI is InChI=1S/C15H21N3O2/c1-11-9-18(12(2)10-19-3)15(16-11)17-13-6-5-7-14(8-13)20-4/h5-9,12H,10H2,1-4H3,(H,16,17). The van der Waals surface area contributed by atoms with Crippen LogP contribution in [-0.2, 0) is 4.74 Å². The molecule has 108 valence electrons. The van der Waals surface area contributed by atoms with Gasteiger partial charge in [-0.15, -0.1) is 0 Å². The number of nitrogens with one attached hydrogen (secondary N) is 1. The van der Waals surface area contributed by atoms with E-state index in [1.165, 1.54) is 0 Å². The number of hydrogen-bond donors (Lipinski definition) is 1. The van der Waals surface area contributed by atoms with Gasteiger partial charge < -0.3 is 19.4 Å². The van der Waals surface area contributed by atoms with Gasteiger partial charge in [-0.3, -0.25) is 0 Å². The van der Waals surface area contributed by atoms with Gasteiger partial charge in [0.15, 0.2) is 0 Å². The Morgan fingerprint density at radius 2 is 2.15 bits per heavy atom. The molecular formula is C15H21N3O2. The van der Waals surface area contributed by atoms with Crippen molar-refractivity contribution in [2.45, 2.75) is 19.9 Å². The molecule has 1 aromatic carbocycles. The number of ether oxygens (including phenoxy) is 2. The predicted octanol–water partition coefficient (Wildman–Crippen LogP) is 3.15. The van der Waals surface area contributed by atoms with Crippen LogP contribution in [0.2, 0.25) is 0 Å². The Hall–Kier alpha value is -2.01. The minimum atomic E-state index is 0.217. The zero-order valence-corrected chi connectivity index (χ0v) is 12.4. The number of aryl methyl sites for hydroxylation is 1. The fourth-order valence-electron chi connectivity index (χ4n) is 2.10. The molecule has 5 nitrogen and oxygen atoms in total. The fraction of sp³-hybridized carbons (Fsp3) is 0.400. The molecule has 0 bridgehead atoms. The summed E-state index contributed by atoms with van der Waals surface area (Å²) in [6.07, 6.45) is 2.02. The number of aromatic nitrogens is 2. The molecule has 0 saturated heterocycles. The van der Waals surface area contributed by atoms with Gasteiger partial charge in [-0.25, -0.2) is 4.98 Å². The van der Waals surface area contributed by atoms with Crippen LogP contribution in [0, 0.1) is 6.92 Å². The fourth-order valence-corrected chi connectivity index (χ4v) is 2.10. The van der Waals surface area contributed by atoms with Crippen molar-refractivity contribution >= 4 is 11.6 Å². The molecule has 2 rings (SSSR count). The smallest absolute Gasteiger partial charge is 0.207 e. The Labute approximate surface area is 119 Å². The molecule has 0 aliphatic rings. The van der Waals surface area contributed by atoms with Crippen LogP contribution < -0.4 is 10.1 Å². The quantitative estimate of drug-likeness (QED) is 0.879. The number of hydrogen-bond acceptors (Lipinski definition) is 4. The SMILES string of the molecule is COCC(C)n1cc(C)nc1Nc1cccc(OC)c1. The lowest BCUT2D eigenvalue weighted by molar-refractivity contribution is 0.163. The summed E-state index contributed by atoms with van der Waals surface area (Å²) in [5, 5.41) is 3.32. The van der Waals surface area contributed by atoms with Crippen LogP contribution in [-0.4, -0.2) is 30.4 Å². The lowest BCUT2D eigenvalue weighted by Gasteiger charge is -2.16. The first-order valence-corrected chi connectivity index (χ1v) is 6.59. The van der Waals surface area contributed by atoms with Crippen LogP contribution in [0.3, 0.4) is 0 Å². The topological polar surface area (TPSA) is 48.3 Å². The zero-order valence-electron chi connectivity index (χ0n) is 12.4. The first kappa shape index (κ1) is 14.4. The normalized spacial score (nSPS) is 12.2. The van der Waals surface area contributed by atoms with Gasteiger partial charge in [0.05, 0.1) is 25.5 Å². The number of imidazole rings is 1. The van der Waals surface area contributed by atoms with E-state index in [2.05, 4.69) is 21.8 Å². The van der Waals surface area contributed by atoms with E-state index in [1.807, 2.05) is 37.4 Å². The highest BCUT2D eigenvalue weighted by Crippen LogP contribution is 2.23. The van der Waals surface area contributed by atoms with E-state index in [4.69, 9.17) is 9.47 Å². The lowest BCUT2D eigenvalue weighted by atomic mass is 10.3. The highest BCUT2D eigenvalue weighted by atomic mass is 16.5. The molecule has 0 amide bonds. The first-order chi connectivity index (χ1) is 9.63. The van der Waals surface area contributed by atoms with E-state index in [0.29, 0.717) is 6.61 Å². The maximum atomic E-state index is 5.23. The molecular weight excluding hydrogens is 254 g/mol. The van der Waals surface area contributed by atoms with Gasteiger partial charge in [-0.1, -0.05) is 6.07 Å². The minimum absolute atomic E-state index is 0.217. The summed E-state index contributed by atoms with van der Waals surface area (Å²) < 4.78 is 12.5. The van der Waals surface area contributed by atoms with Crippen molar-refractivity contribution in [2.24, 2.45) is 0 Å². The van der Waals surface area contributed by atoms with Crippen molar-refractivity contribution in [3.8, 4) is 5.75 Å². The summed E-state index contributed by atoms with van der Waals surface area (Å²) in [6, 6.07) is 8.00. The van der Waals surface area contributed by atoms with E-state index in [1.54, 1.807) is 14.2 Å². The molecule has 1 atom stereocenters. The van der Waals surface area contributed by atoms with Crippen molar-refractivity contribution in [3.63, 3.8) is 0 Å². The van der Waals surface area contributed by atoms with Crippen LogP contribution in [0.1, 0.15) is 18.7 Å².